The number of hydrogen-bond donors (Lipinski definition) is 1. The monoisotopic (exact) mass is 227 g/mol. The summed E-state index contributed by atoms with van der Waals surface area (Å²) in [6.07, 6.45) is 5.93. The second kappa shape index (κ2) is 5.48. The summed E-state index contributed by atoms with van der Waals surface area (Å²) in [5.41, 5.74) is 0. The first-order valence-electron chi connectivity index (χ1n) is 6.65. The Labute approximate surface area is 98.8 Å². The molecular weight excluding hydrogens is 202 g/mol. The van der Waals surface area contributed by atoms with Gasteiger partial charge in [-0.25, -0.2) is 0 Å². The molecule has 1 heterocycles. The average molecular weight is 227 g/mol. The molecule has 0 aromatic carbocycles. The van der Waals surface area contributed by atoms with Crippen LogP contribution in [-0.2, 0) is 4.74 Å². The van der Waals surface area contributed by atoms with Gasteiger partial charge in [-0.1, -0.05) is 6.92 Å². The third-order valence-corrected chi connectivity index (χ3v) is 4.26. The third kappa shape index (κ3) is 2.76. The van der Waals surface area contributed by atoms with Crippen LogP contribution in [0.15, 0.2) is 0 Å². The first-order valence-corrected chi connectivity index (χ1v) is 6.65. The molecule has 94 valence electrons. The quantitative estimate of drug-likeness (QED) is 0.778. The zero-order valence-electron chi connectivity index (χ0n) is 10.6. The predicted molar refractivity (Wildman–Crippen MR) is 64.4 cm³/mol. The van der Waals surface area contributed by atoms with Crippen LogP contribution in [0.2, 0.25) is 0 Å². The van der Waals surface area contributed by atoms with Gasteiger partial charge in [0.05, 0.1) is 12.2 Å². The number of methoxy groups -OCH3 is 1. The van der Waals surface area contributed by atoms with Crippen molar-refractivity contribution < 1.29 is 9.84 Å². The molecule has 1 saturated carbocycles. The van der Waals surface area contributed by atoms with Gasteiger partial charge < -0.3 is 9.84 Å². The van der Waals surface area contributed by atoms with Gasteiger partial charge in [0.15, 0.2) is 0 Å². The average Bonchev–Trinajstić information content (AvgIpc) is 2.32. The normalized spacial score (nSPS) is 42.2. The van der Waals surface area contributed by atoms with Gasteiger partial charge in [0.2, 0.25) is 0 Å². The lowest BCUT2D eigenvalue weighted by atomic mass is 9.83. The zero-order chi connectivity index (χ0) is 11.5. The highest BCUT2D eigenvalue weighted by molar-refractivity contribution is 4.88. The molecule has 0 spiro atoms. The van der Waals surface area contributed by atoms with E-state index in [2.05, 4.69) is 11.8 Å². The summed E-state index contributed by atoms with van der Waals surface area (Å²) in [5, 5.41) is 10.1. The van der Waals surface area contributed by atoms with E-state index in [0.29, 0.717) is 12.1 Å². The number of hydrogen-bond acceptors (Lipinski definition) is 3. The molecule has 1 saturated heterocycles. The fourth-order valence-electron chi connectivity index (χ4n) is 3.19. The molecule has 0 bridgehead atoms. The second-order valence-corrected chi connectivity index (χ2v) is 5.55. The molecule has 3 heteroatoms. The lowest BCUT2D eigenvalue weighted by molar-refractivity contribution is -0.0406. The highest BCUT2D eigenvalue weighted by Crippen LogP contribution is 2.29. The molecule has 1 aliphatic heterocycles. The van der Waals surface area contributed by atoms with E-state index >= 15 is 0 Å². The number of rotatable bonds is 2. The summed E-state index contributed by atoms with van der Waals surface area (Å²) in [4.78, 5) is 2.46. The van der Waals surface area contributed by atoms with Crippen LogP contribution in [0.1, 0.15) is 39.0 Å². The molecule has 0 aromatic heterocycles. The molecule has 0 radical (unpaired) electrons. The number of piperidine rings is 1. The van der Waals surface area contributed by atoms with E-state index < -0.39 is 0 Å². The molecule has 4 unspecified atom stereocenters. The summed E-state index contributed by atoms with van der Waals surface area (Å²) in [6.45, 7) is 4.44. The number of nitrogens with zero attached hydrogens (tertiary/aromatic N) is 1. The number of likely N-dealkylation sites (tertiary alicyclic amines) is 1. The molecule has 3 nitrogen and oxygen atoms in total. The Bertz CT molecular complexity index is 222. The third-order valence-electron chi connectivity index (χ3n) is 4.26. The maximum atomic E-state index is 10.1. The van der Waals surface area contributed by atoms with Crippen LogP contribution >= 0.6 is 0 Å². The fraction of sp³-hybridized carbons (Fsp3) is 1.00. The van der Waals surface area contributed by atoms with E-state index in [1.807, 2.05) is 0 Å². The molecule has 1 aliphatic carbocycles. The second-order valence-electron chi connectivity index (χ2n) is 5.55. The van der Waals surface area contributed by atoms with Gasteiger partial charge in [-0.15, -0.1) is 0 Å². The van der Waals surface area contributed by atoms with Crippen LogP contribution in [0.3, 0.4) is 0 Å². The number of aliphatic hydroxyl groups is 1. The van der Waals surface area contributed by atoms with E-state index in [9.17, 15) is 5.11 Å². The van der Waals surface area contributed by atoms with E-state index in [1.165, 1.54) is 19.3 Å². The summed E-state index contributed by atoms with van der Waals surface area (Å²) in [5.74, 6) is 0.760. The van der Waals surface area contributed by atoms with Crippen molar-refractivity contribution in [2.75, 3.05) is 20.2 Å². The molecule has 2 rings (SSSR count). The maximum absolute atomic E-state index is 10.1. The number of ether oxygens (including phenoxy) is 1. The Balaban J connectivity index is 1.94. The molecule has 1 N–H and O–H groups in total. The summed E-state index contributed by atoms with van der Waals surface area (Å²) >= 11 is 0. The van der Waals surface area contributed by atoms with E-state index in [4.69, 9.17) is 4.74 Å². The van der Waals surface area contributed by atoms with Gasteiger partial charge in [-0.3, -0.25) is 4.90 Å². The lowest BCUT2D eigenvalue weighted by Gasteiger charge is -2.43. The lowest BCUT2D eigenvalue weighted by Crippen LogP contribution is -2.52. The van der Waals surface area contributed by atoms with E-state index in [0.717, 1.165) is 31.8 Å². The van der Waals surface area contributed by atoms with Crippen LogP contribution in [0.25, 0.3) is 0 Å². The smallest absolute Gasteiger partial charge is 0.0698 e. The minimum atomic E-state index is -0.119. The van der Waals surface area contributed by atoms with Crippen molar-refractivity contribution in [1.82, 2.24) is 4.90 Å². The molecular formula is C13H25NO2. The van der Waals surface area contributed by atoms with Crippen molar-refractivity contribution in [2.24, 2.45) is 5.92 Å². The maximum Gasteiger partial charge on any atom is 0.0698 e. The first-order chi connectivity index (χ1) is 7.70. The first kappa shape index (κ1) is 12.3. The van der Waals surface area contributed by atoms with Crippen LogP contribution in [-0.4, -0.2) is 48.5 Å². The van der Waals surface area contributed by atoms with E-state index in [-0.39, 0.29) is 6.10 Å². The fourth-order valence-corrected chi connectivity index (χ4v) is 3.19. The Kier molecular flexibility index (Phi) is 4.22. The summed E-state index contributed by atoms with van der Waals surface area (Å²) in [7, 11) is 1.80. The number of aliphatic hydroxyl groups excluding tert-OH is 1. The van der Waals surface area contributed by atoms with Gasteiger partial charge in [0, 0.05) is 19.7 Å². The minimum absolute atomic E-state index is 0.119. The highest BCUT2D eigenvalue weighted by Gasteiger charge is 2.34. The van der Waals surface area contributed by atoms with Gasteiger partial charge in [-0.2, -0.15) is 0 Å². The van der Waals surface area contributed by atoms with Gasteiger partial charge in [0.25, 0.3) is 0 Å². The summed E-state index contributed by atoms with van der Waals surface area (Å²) in [6, 6.07) is 0.377. The largest absolute Gasteiger partial charge is 0.391 e. The Morgan fingerprint density at radius 2 is 2.06 bits per heavy atom. The van der Waals surface area contributed by atoms with Crippen LogP contribution < -0.4 is 0 Å². The summed E-state index contributed by atoms with van der Waals surface area (Å²) < 4.78 is 5.45. The molecule has 4 atom stereocenters. The Hall–Kier alpha value is -0.120. The molecule has 0 amide bonds. The molecule has 2 aliphatic rings. The SMILES string of the molecule is COC1CCCN(C2CC(C)CCC2O)C1. The van der Waals surface area contributed by atoms with Gasteiger partial charge in [-0.05, 0) is 44.6 Å². The van der Waals surface area contributed by atoms with E-state index in [1.54, 1.807) is 7.11 Å². The Morgan fingerprint density at radius 3 is 2.81 bits per heavy atom. The topological polar surface area (TPSA) is 32.7 Å². The van der Waals surface area contributed by atoms with Crippen LogP contribution in [0.5, 0.6) is 0 Å². The highest BCUT2D eigenvalue weighted by atomic mass is 16.5. The van der Waals surface area contributed by atoms with Crippen molar-refractivity contribution in [1.29, 1.82) is 0 Å². The zero-order valence-corrected chi connectivity index (χ0v) is 10.6. The molecule has 0 aromatic rings. The Morgan fingerprint density at radius 1 is 1.25 bits per heavy atom. The molecule has 2 fully saturated rings. The van der Waals surface area contributed by atoms with Crippen molar-refractivity contribution >= 4 is 0 Å². The predicted octanol–water partition coefficient (Wildman–Crippen LogP) is 1.65. The van der Waals surface area contributed by atoms with Crippen LogP contribution in [0, 0.1) is 5.92 Å². The van der Waals surface area contributed by atoms with Crippen molar-refractivity contribution in [3.8, 4) is 0 Å². The van der Waals surface area contributed by atoms with Crippen molar-refractivity contribution in [2.45, 2.75) is 57.3 Å². The van der Waals surface area contributed by atoms with Gasteiger partial charge in [0.1, 0.15) is 0 Å². The molecule has 16 heavy (non-hydrogen) atoms. The standard InChI is InChI=1S/C13H25NO2/c1-10-5-6-13(15)12(8-10)14-7-3-4-11(9-14)16-2/h10-13,15H,3-9H2,1-2H3. The van der Waals surface area contributed by atoms with Gasteiger partial charge >= 0.3 is 0 Å². The van der Waals surface area contributed by atoms with Crippen molar-refractivity contribution in [3.05, 3.63) is 0 Å². The van der Waals surface area contributed by atoms with Crippen LogP contribution in [0.4, 0.5) is 0 Å². The van der Waals surface area contributed by atoms with Crippen molar-refractivity contribution in [3.63, 3.8) is 0 Å². The minimum Gasteiger partial charge on any atom is -0.391 e.